The predicted molar refractivity (Wildman–Crippen MR) is 59.7 cm³/mol. The van der Waals surface area contributed by atoms with E-state index in [1.165, 1.54) is 6.07 Å². The summed E-state index contributed by atoms with van der Waals surface area (Å²) in [5.74, 6) is -1.00. The van der Waals surface area contributed by atoms with Crippen LogP contribution in [0.1, 0.15) is 10.4 Å². The van der Waals surface area contributed by atoms with Gasteiger partial charge in [-0.15, -0.1) is 0 Å². The summed E-state index contributed by atoms with van der Waals surface area (Å²) in [5, 5.41) is 10.2. The number of carboxylic acids is 1. The quantitative estimate of drug-likeness (QED) is 0.614. The lowest BCUT2D eigenvalue weighted by Crippen LogP contribution is -2.01. The molecule has 2 aromatic rings. The number of hydrogen-bond acceptors (Lipinski definition) is 3. The van der Waals surface area contributed by atoms with E-state index in [0.29, 0.717) is 22.1 Å². The van der Waals surface area contributed by atoms with Gasteiger partial charge in [-0.05, 0) is 18.2 Å². The lowest BCUT2D eigenvalue weighted by atomic mass is 10.0. The monoisotopic (exact) mass is 202 g/mol. The number of nitrogen functional groups attached to an aromatic ring is 2. The Morgan fingerprint density at radius 1 is 1.07 bits per heavy atom. The zero-order valence-electron chi connectivity index (χ0n) is 7.90. The average molecular weight is 202 g/mol. The zero-order valence-corrected chi connectivity index (χ0v) is 7.90. The topological polar surface area (TPSA) is 89.3 Å². The van der Waals surface area contributed by atoms with Gasteiger partial charge in [0.15, 0.2) is 0 Å². The van der Waals surface area contributed by atoms with Crippen molar-refractivity contribution in [1.82, 2.24) is 0 Å². The second-order valence-electron chi connectivity index (χ2n) is 3.28. The van der Waals surface area contributed by atoms with Gasteiger partial charge in [0.1, 0.15) is 0 Å². The molecule has 0 radical (unpaired) electrons. The van der Waals surface area contributed by atoms with Gasteiger partial charge in [-0.25, -0.2) is 4.79 Å². The smallest absolute Gasteiger partial charge is 0.336 e. The Morgan fingerprint density at radius 3 is 2.40 bits per heavy atom. The summed E-state index contributed by atoms with van der Waals surface area (Å²) in [6, 6.07) is 8.21. The molecule has 0 aliphatic rings. The summed E-state index contributed by atoms with van der Waals surface area (Å²) in [5.41, 5.74) is 12.6. The lowest BCUT2D eigenvalue weighted by Gasteiger charge is -2.07. The minimum Gasteiger partial charge on any atom is -0.478 e. The number of nitrogens with two attached hydrogens (primary N) is 2. The Labute approximate surface area is 86.1 Å². The van der Waals surface area contributed by atoms with E-state index in [9.17, 15) is 4.79 Å². The van der Waals surface area contributed by atoms with Gasteiger partial charge in [-0.3, -0.25) is 0 Å². The minimum atomic E-state index is -1.00. The summed E-state index contributed by atoms with van der Waals surface area (Å²) < 4.78 is 0. The van der Waals surface area contributed by atoms with Crippen LogP contribution < -0.4 is 11.5 Å². The molecule has 76 valence electrons. The second-order valence-corrected chi connectivity index (χ2v) is 3.28. The van der Waals surface area contributed by atoms with Crippen LogP contribution >= 0.6 is 0 Å². The van der Waals surface area contributed by atoms with E-state index in [-0.39, 0.29) is 5.56 Å². The number of hydrogen-bond donors (Lipinski definition) is 3. The van der Waals surface area contributed by atoms with Gasteiger partial charge in [0.2, 0.25) is 0 Å². The first-order valence-electron chi connectivity index (χ1n) is 4.41. The molecule has 0 saturated heterocycles. The molecular formula is C11H10N2O2. The van der Waals surface area contributed by atoms with Gasteiger partial charge in [-0.2, -0.15) is 0 Å². The highest BCUT2D eigenvalue weighted by molar-refractivity contribution is 6.11. The number of aromatic carboxylic acids is 1. The van der Waals surface area contributed by atoms with Gasteiger partial charge < -0.3 is 16.6 Å². The van der Waals surface area contributed by atoms with Crippen LogP contribution in [0, 0.1) is 0 Å². The van der Waals surface area contributed by atoms with Crippen molar-refractivity contribution in [2.24, 2.45) is 0 Å². The summed E-state index contributed by atoms with van der Waals surface area (Å²) in [6.45, 7) is 0. The molecule has 0 aliphatic heterocycles. The predicted octanol–water partition coefficient (Wildman–Crippen LogP) is 1.70. The maximum Gasteiger partial charge on any atom is 0.336 e. The molecule has 0 bridgehead atoms. The van der Waals surface area contributed by atoms with Gasteiger partial charge in [0.05, 0.1) is 5.56 Å². The summed E-state index contributed by atoms with van der Waals surface area (Å²) >= 11 is 0. The molecular weight excluding hydrogens is 192 g/mol. The highest BCUT2D eigenvalue weighted by Crippen LogP contribution is 2.29. The fourth-order valence-corrected chi connectivity index (χ4v) is 1.63. The van der Waals surface area contributed by atoms with Crippen LogP contribution in [0.3, 0.4) is 0 Å². The minimum absolute atomic E-state index is 0.178. The normalized spacial score (nSPS) is 10.4. The molecule has 4 heteroatoms. The molecule has 0 unspecified atom stereocenters. The van der Waals surface area contributed by atoms with Gasteiger partial charge >= 0.3 is 5.97 Å². The van der Waals surface area contributed by atoms with Crippen molar-refractivity contribution < 1.29 is 9.90 Å². The number of carboxylic acid groups (broad SMARTS) is 1. The van der Waals surface area contributed by atoms with Crippen molar-refractivity contribution >= 4 is 28.1 Å². The number of carbonyl (C=O) groups is 1. The molecule has 0 heterocycles. The van der Waals surface area contributed by atoms with Gasteiger partial charge in [-0.1, -0.05) is 12.1 Å². The van der Waals surface area contributed by atoms with E-state index in [0.717, 1.165) is 0 Å². The Bertz CT molecular complexity index is 550. The van der Waals surface area contributed by atoms with E-state index in [4.69, 9.17) is 16.6 Å². The maximum atomic E-state index is 11.0. The van der Waals surface area contributed by atoms with Crippen molar-refractivity contribution in [2.75, 3.05) is 11.5 Å². The Hall–Kier alpha value is -2.23. The lowest BCUT2D eigenvalue weighted by molar-refractivity contribution is 0.0699. The fraction of sp³-hybridized carbons (Fsp3) is 0. The molecule has 15 heavy (non-hydrogen) atoms. The average Bonchev–Trinajstić information content (AvgIpc) is 2.23. The van der Waals surface area contributed by atoms with Crippen LogP contribution in [0.25, 0.3) is 10.8 Å². The summed E-state index contributed by atoms with van der Waals surface area (Å²) in [7, 11) is 0. The first-order valence-corrected chi connectivity index (χ1v) is 4.41. The molecule has 2 aromatic carbocycles. The molecule has 2 rings (SSSR count). The van der Waals surface area contributed by atoms with Crippen LogP contribution in [-0.4, -0.2) is 11.1 Å². The molecule has 0 atom stereocenters. The molecule has 0 aliphatic carbocycles. The zero-order chi connectivity index (χ0) is 11.0. The van der Waals surface area contributed by atoms with Crippen LogP contribution in [0.2, 0.25) is 0 Å². The Morgan fingerprint density at radius 2 is 1.73 bits per heavy atom. The Balaban J connectivity index is 2.96. The van der Waals surface area contributed by atoms with Crippen LogP contribution in [0.4, 0.5) is 11.4 Å². The molecule has 0 fully saturated rings. The first-order chi connectivity index (χ1) is 7.11. The van der Waals surface area contributed by atoms with Crippen LogP contribution in [0.5, 0.6) is 0 Å². The van der Waals surface area contributed by atoms with Gasteiger partial charge in [0, 0.05) is 22.1 Å². The highest BCUT2D eigenvalue weighted by atomic mass is 16.4. The van der Waals surface area contributed by atoms with Crippen LogP contribution in [0.15, 0.2) is 30.3 Å². The van der Waals surface area contributed by atoms with Crippen molar-refractivity contribution in [3.05, 3.63) is 35.9 Å². The van der Waals surface area contributed by atoms with Crippen LogP contribution in [-0.2, 0) is 0 Å². The molecule has 0 amide bonds. The van der Waals surface area contributed by atoms with E-state index < -0.39 is 5.97 Å². The molecule has 5 N–H and O–H groups in total. The van der Waals surface area contributed by atoms with E-state index in [2.05, 4.69) is 0 Å². The van der Waals surface area contributed by atoms with Crippen molar-refractivity contribution in [3.63, 3.8) is 0 Å². The maximum absolute atomic E-state index is 11.0. The highest BCUT2D eigenvalue weighted by Gasteiger charge is 2.11. The third-order valence-corrected chi connectivity index (χ3v) is 2.34. The van der Waals surface area contributed by atoms with Crippen molar-refractivity contribution in [3.8, 4) is 0 Å². The van der Waals surface area contributed by atoms with E-state index in [1.807, 2.05) is 0 Å². The van der Waals surface area contributed by atoms with Crippen molar-refractivity contribution in [2.45, 2.75) is 0 Å². The van der Waals surface area contributed by atoms with E-state index in [1.54, 1.807) is 24.3 Å². The second kappa shape index (κ2) is 3.16. The van der Waals surface area contributed by atoms with Gasteiger partial charge in [0.25, 0.3) is 0 Å². The van der Waals surface area contributed by atoms with E-state index >= 15 is 0 Å². The fourth-order valence-electron chi connectivity index (χ4n) is 1.63. The number of fused-ring (bicyclic) bond motifs is 1. The summed E-state index contributed by atoms with van der Waals surface area (Å²) in [4.78, 5) is 11.0. The largest absolute Gasteiger partial charge is 0.478 e. The summed E-state index contributed by atoms with van der Waals surface area (Å²) in [6.07, 6.45) is 0. The number of anilines is 2. The SMILES string of the molecule is Nc1ccc(N)c2c(C(=O)O)cccc12. The van der Waals surface area contributed by atoms with Crippen molar-refractivity contribution in [1.29, 1.82) is 0 Å². The number of rotatable bonds is 1. The molecule has 0 spiro atoms. The molecule has 0 aromatic heterocycles. The third kappa shape index (κ3) is 1.36. The molecule has 0 saturated carbocycles. The number of benzene rings is 2. The molecule has 4 nitrogen and oxygen atoms in total. The third-order valence-electron chi connectivity index (χ3n) is 2.34. The Kier molecular flexibility index (Phi) is 1.97. The standard InChI is InChI=1S/C11H10N2O2/c12-8-4-5-9(13)10-6(8)2-1-3-7(10)11(14)15/h1-5H,12-13H2,(H,14,15). The first kappa shape index (κ1) is 9.33.